The number of benzene rings is 2. The van der Waals surface area contributed by atoms with Crippen molar-refractivity contribution in [2.75, 3.05) is 13.1 Å². The fourth-order valence-corrected chi connectivity index (χ4v) is 3.58. The van der Waals surface area contributed by atoms with Crippen molar-refractivity contribution in [3.63, 3.8) is 0 Å². The Morgan fingerprint density at radius 1 is 1.05 bits per heavy atom. The average molecular weight is 357 g/mol. The molecular weight excluding hydrogens is 340 g/mol. The number of hydrogen-bond acceptors (Lipinski definition) is 3. The molecule has 1 aromatic heterocycles. The molecule has 3 aromatic rings. The molecule has 112 valence electrons. The first kappa shape index (κ1) is 14.0. The molecule has 2 heterocycles. The van der Waals surface area contributed by atoms with Crippen LogP contribution in [-0.2, 0) is 0 Å². The van der Waals surface area contributed by atoms with Gasteiger partial charge in [-0.15, -0.1) is 0 Å². The molecule has 0 aliphatic carbocycles. The van der Waals surface area contributed by atoms with Crippen molar-refractivity contribution in [1.82, 2.24) is 10.3 Å². The second-order valence-corrected chi connectivity index (χ2v) is 6.60. The Balaban J connectivity index is 1.77. The lowest BCUT2D eigenvalue weighted by molar-refractivity contribution is 0.385. The molecule has 4 heteroatoms. The van der Waals surface area contributed by atoms with Crippen LogP contribution in [0.2, 0.25) is 0 Å². The van der Waals surface area contributed by atoms with Gasteiger partial charge in [-0.3, -0.25) is 0 Å². The molecule has 1 fully saturated rings. The Morgan fingerprint density at radius 2 is 1.82 bits per heavy atom. The molecule has 0 amide bonds. The van der Waals surface area contributed by atoms with Crippen molar-refractivity contribution in [1.29, 1.82) is 0 Å². The molecule has 2 aromatic carbocycles. The van der Waals surface area contributed by atoms with Crippen LogP contribution in [0.5, 0.6) is 0 Å². The summed E-state index contributed by atoms with van der Waals surface area (Å²) in [6.07, 6.45) is 2.19. The van der Waals surface area contributed by atoms with Crippen LogP contribution >= 0.6 is 15.9 Å². The molecule has 4 rings (SSSR count). The van der Waals surface area contributed by atoms with Gasteiger partial charge in [0, 0.05) is 5.92 Å². The van der Waals surface area contributed by atoms with Crippen LogP contribution < -0.4 is 5.32 Å². The molecule has 1 saturated heterocycles. The van der Waals surface area contributed by atoms with Gasteiger partial charge in [0.2, 0.25) is 0 Å². The van der Waals surface area contributed by atoms with Crippen LogP contribution in [0.15, 0.2) is 51.4 Å². The van der Waals surface area contributed by atoms with Gasteiger partial charge in [-0.1, -0.05) is 30.3 Å². The van der Waals surface area contributed by atoms with Gasteiger partial charge in [0.15, 0.2) is 11.5 Å². The number of hydrogen-bond donors (Lipinski definition) is 1. The van der Waals surface area contributed by atoms with Crippen molar-refractivity contribution in [3.05, 3.63) is 52.8 Å². The molecule has 22 heavy (non-hydrogen) atoms. The summed E-state index contributed by atoms with van der Waals surface area (Å²) in [6, 6.07) is 14.6. The van der Waals surface area contributed by atoms with E-state index in [4.69, 9.17) is 9.40 Å². The fraction of sp³-hybridized carbons (Fsp3) is 0.278. The van der Waals surface area contributed by atoms with Gasteiger partial charge >= 0.3 is 0 Å². The summed E-state index contributed by atoms with van der Waals surface area (Å²) in [5, 5.41) is 3.38. The first-order chi connectivity index (χ1) is 10.8. The van der Waals surface area contributed by atoms with Crippen molar-refractivity contribution >= 4 is 27.0 Å². The zero-order valence-electron chi connectivity index (χ0n) is 12.2. The first-order valence-corrected chi connectivity index (χ1v) is 8.47. The van der Waals surface area contributed by atoms with Gasteiger partial charge < -0.3 is 9.73 Å². The molecule has 0 bridgehead atoms. The SMILES string of the molecule is Brc1cc(-c2ccccc2)cc2nc(C3CCNCC3)oc12. The van der Waals surface area contributed by atoms with E-state index in [1.165, 1.54) is 5.56 Å². The van der Waals surface area contributed by atoms with Crippen molar-refractivity contribution < 1.29 is 4.42 Å². The fourth-order valence-electron chi connectivity index (χ4n) is 3.05. The molecule has 0 atom stereocenters. The third-order valence-corrected chi connectivity index (χ3v) is 4.85. The summed E-state index contributed by atoms with van der Waals surface area (Å²) < 4.78 is 7.01. The van der Waals surface area contributed by atoms with E-state index in [0.717, 1.165) is 53.0 Å². The smallest absolute Gasteiger partial charge is 0.198 e. The molecule has 1 aliphatic rings. The number of nitrogens with zero attached hydrogens (tertiary/aromatic N) is 1. The van der Waals surface area contributed by atoms with Gasteiger partial charge in [-0.05, 0) is 65.1 Å². The zero-order valence-corrected chi connectivity index (χ0v) is 13.8. The van der Waals surface area contributed by atoms with E-state index in [2.05, 4.69) is 57.6 Å². The Kier molecular flexibility index (Phi) is 3.72. The Hall–Kier alpha value is -1.65. The molecule has 1 N–H and O–H groups in total. The van der Waals surface area contributed by atoms with Crippen LogP contribution in [-0.4, -0.2) is 18.1 Å². The Labute approximate surface area is 137 Å². The largest absolute Gasteiger partial charge is 0.439 e. The summed E-state index contributed by atoms with van der Waals surface area (Å²) in [4.78, 5) is 4.76. The average Bonchev–Trinajstić information content (AvgIpc) is 3.01. The van der Waals surface area contributed by atoms with E-state index in [-0.39, 0.29) is 0 Å². The number of oxazole rings is 1. The van der Waals surface area contributed by atoms with E-state index in [1.807, 2.05) is 6.07 Å². The van der Waals surface area contributed by atoms with Crippen LogP contribution in [0.25, 0.3) is 22.2 Å². The zero-order chi connectivity index (χ0) is 14.9. The van der Waals surface area contributed by atoms with E-state index in [0.29, 0.717) is 5.92 Å². The summed E-state index contributed by atoms with van der Waals surface area (Å²) in [6.45, 7) is 2.08. The van der Waals surface area contributed by atoms with Crippen LogP contribution in [0.3, 0.4) is 0 Å². The third kappa shape index (κ3) is 2.57. The predicted octanol–water partition coefficient (Wildman–Crippen LogP) is 4.72. The highest BCUT2D eigenvalue weighted by molar-refractivity contribution is 9.10. The Morgan fingerprint density at radius 3 is 2.59 bits per heavy atom. The summed E-state index contributed by atoms with van der Waals surface area (Å²) in [5.74, 6) is 1.31. The molecule has 1 aliphatic heterocycles. The third-order valence-electron chi connectivity index (χ3n) is 4.26. The minimum absolute atomic E-state index is 0.431. The second-order valence-electron chi connectivity index (χ2n) is 5.75. The second kappa shape index (κ2) is 5.86. The van der Waals surface area contributed by atoms with Crippen molar-refractivity contribution in [2.45, 2.75) is 18.8 Å². The predicted molar refractivity (Wildman–Crippen MR) is 92.0 cm³/mol. The topological polar surface area (TPSA) is 38.1 Å². The highest BCUT2D eigenvalue weighted by atomic mass is 79.9. The van der Waals surface area contributed by atoms with Gasteiger partial charge in [-0.25, -0.2) is 4.98 Å². The van der Waals surface area contributed by atoms with Gasteiger partial charge in [0.05, 0.1) is 4.47 Å². The van der Waals surface area contributed by atoms with Gasteiger partial charge in [0.25, 0.3) is 0 Å². The lowest BCUT2D eigenvalue weighted by Crippen LogP contribution is -2.26. The molecular formula is C18H17BrN2O. The lowest BCUT2D eigenvalue weighted by atomic mass is 9.98. The minimum atomic E-state index is 0.431. The monoisotopic (exact) mass is 356 g/mol. The maximum absolute atomic E-state index is 6.04. The van der Waals surface area contributed by atoms with E-state index in [1.54, 1.807) is 0 Å². The maximum atomic E-state index is 6.04. The van der Waals surface area contributed by atoms with Crippen LogP contribution in [0.4, 0.5) is 0 Å². The van der Waals surface area contributed by atoms with Crippen molar-refractivity contribution in [2.24, 2.45) is 0 Å². The molecule has 0 unspecified atom stereocenters. The number of nitrogens with one attached hydrogen (secondary N) is 1. The number of fused-ring (bicyclic) bond motifs is 1. The molecule has 3 nitrogen and oxygen atoms in total. The van der Waals surface area contributed by atoms with Gasteiger partial charge in [-0.2, -0.15) is 0 Å². The number of piperidine rings is 1. The first-order valence-electron chi connectivity index (χ1n) is 7.67. The molecule has 0 saturated carbocycles. The van der Waals surface area contributed by atoms with E-state index in [9.17, 15) is 0 Å². The van der Waals surface area contributed by atoms with Crippen molar-refractivity contribution in [3.8, 4) is 11.1 Å². The highest BCUT2D eigenvalue weighted by Crippen LogP contribution is 2.34. The van der Waals surface area contributed by atoms with Gasteiger partial charge in [0.1, 0.15) is 5.52 Å². The van der Waals surface area contributed by atoms with Crippen LogP contribution in [0.1, 0.15) is 24.7 Å². The van der Waals surface area contributed by atoms with E-state index >= 15 is 0 Å². The number of rotatable bonds is 2. The summed E-state index contributed by atoms with van der Waals surface area (Å²) >= 11 is 3.64. The standard InChI is InChI=1S/C18H17BrN2O/c19-15-10-14(12-4-2-1-3-5-12)11-16-17(15)22-18(21-16)13-6-8-20-9-7-13/h1-5,10-11,13,20H,6-9H2. The Bertz CT molecular complexity index is 791. The normalized spacial score (nSPS) is 16.2. The maximum Gasteiger partial charge on any atom is 0.198 e. The lowest BCUT2D eigenvalue weighted by Gasteiger charge is -2.19. The minimum Gasteiger partial charge on any atom is -0.439 e. The van der Waals surface area contributed by atoms with Crippen LogP contribution in [0, 0.1) is 0 Å². The summed E-state index contributed by atoms with van der Waals surface area (Å²) in [5.41, 5.74) is 4.14. The number of halogens is 1. The molecule has 0 radical (unpaired) electrons. The summed E-state index contributed by atoms with van der Waals surface area (Å²) in [7, 11) is 0. The highest BCUT2D eigenvalue weighted by Gasteiger charge is 2.21. The molecule has 0 spiro atoms. The van der Waals surface area contributed by atoms with E-state index < -0.39 is 0 Å². The number of aromatic nitrogens is 1. The quantitative estimate of drug-likeness (QED) is 0.721.